The molecule has 1 amide bonds. The van der Waals surface area contributed by atoms with E-state index in [2.05, 4.69) is 6.07 Å². The van der Waals surface area contributed by atoms with E-state index in [4.69, 9.17) is 11.1 Å². The second kappa shape index (κ2) is 5.41. The first-order chi connectivity index (χ1) is 10.9. The Hall–Kier alpha value is -2.30. The summed E-state index contributed by atoms with van der Waals surface area (Å²) in [6, 6.07) is 11.2. The average molecular weight is 328 g/mol. The number of hydrogen-bond donors (Lipinski definition) is 3. The number of nitrogens with two attached hydrogens (primary N) is 1. The van der Waals surface area contributed by atoms with Gasteiger partial charge in [-0.05, 0) is 12.5 Å². The smallest absolute Gasteiger partial charge is 0.247 e. The van der Waals surface area contributed by atoms with Crippen LogP contribution in [-0.4, -0.2) is 33.2 Å². The summed E-state index contributed by atoms with van der Waals surface area (Å²) >= 11 is 1.29. The third kappa shape index (κ3) is 2.31. The van der Waals surface area contributed by atoms with E-state index in [-0.39, 0.29) is 5.84 Å². The van der Waals surface area contributed by atoms with Gasteiger partial charge in [-0.2, -0.15) is 5.26 Å². The van der Waals surface area contributed by atoms with Gasteiger partial charge in [0.25, 0.3) is 0 Å². The Morgan fingerprint density at radius 1 is 1.52 bits per heavy atom. The molecular formula is C16H16N4O2S. The Labute approximate surface area is 138 Å². The summed E-state index contributed by atoms with van der Waals surface area (Å²) < 4.78 is 0. The number of carbonyl (C=O) groups excluding carboxylic acids is 1. The molecule has 3 unspecified atom stereocenters. The van der Waals surface area contributed by atoms with Crippen molar-refractivity contribution in [1.82, 2.24) is 4.90 Å². The number of benzene rings is 1. The lowest BCUT2D eigenvalue weighted by Gasteiger charge is -2.40. The normalized spacial score (nSPS) is 30.1. The van der Waals surface area contributed by atoms with Gasteiger partial charge >= 0.3 is 0 Å². The summed E-state index contributed by atoms with van der Waals surface area (Å²) in [5.41, 5.74) is 5.35. The Morgan fingerprint density at radius 2 is 2.17 bits per heavy atom. The maximum Gasteiger partial charge on any atom is 0.247 e. The lowest BCUT2D eigenvalue weighted by atomic mass is 9.77. The van der Waals surface area contributed by atoms with Gasteiger partial charge in [-0.25, -0.2) is 0 Å². The van der Waals surface area contributed by atoms with E-state index in [1.807, 2.05) is 30.3 Å². The van der Waals surface area contributed by atoms with Crippen LogP contribution in [0, 0.1) is 22.7 Å². The number of nitrogens with one attached hydrogen (secondary N) is 1. The molecule has 23 heavy (non-hydrogen) atoms. The molecule has 6 nitrogen and oxygen atoms in total. The summed E-state index contributed by atoms with van der Waals surface area (Å²) in [6.45, 7) is 1.57. The van der Waals surface area contributed by atoms with Crippen LogP contribution in [0.15, 0.2) is 40.9 Å². The summed E-state index contributed by atoms with van der Waals surface area (Å²) in [5, 5.41) is 29.0. The van der Waals surface area contributed by atoms with Crippen molar-refractivity contribution in [2.45, 2.75) is 18.6 Å². The number of nitriles is 1. The number of amidine groups is 1. The summed E-state index contributed by atoms with van der Waals surface area (Å²) in [7, 11) is 0. The zero-order chi connectivity index (χ0) is 16.8. The molecule has 0 spiro atoms. The first kappa shape index (κ1) is 15.6. The van der Waals surface area contributed by atoms with Crippen molar-refractivity contribution >= 4 is 23.5 Å². The molecule has 0 bridgehead atoms. The molecule has 1 aromatic rings. The average Bonchev–Trinajstić information content (AvgIpc) is 2.83. The first-order valence-electron chi connectivity index (χ1n) is 7.11. The molecule has 0 aromatic heterocycles. The van der Waals surface area contributed by atoms with Gasteiger partial charge in [0.2, 0.25) is 5.91 Å². The quantitative estimate of drug-likeness (QED) is 0.758. The zero-order valence-electron chi connectivity index (χ0n) is 12.5. The van der Waals surface area contributed by atoms with Crippen LogP contribution in [0.2, 0.25) is 0 Å². The van der Waals surface area contributed by atoms with Crippen molar-refractivity contribution in [3.8, 4) is 6.07 Å². The molecule has 1 fully saturated rings. The third-order valence-electron chi connectivity index (χ3n) is 4.14. The summed E-state index contributed by atoms with van der Waals surface area (Å²) in [5.74, 6) is -1.80. The van der Waals surface area contributed by atoms with Gasteiger partial charge in [-0.3, -0.25) is 15.1 Å². The van der Waals surface area contributed by atoms with Crippen LogP contribution >= 0.6 is 11.8 Å². The van der Waals surface area contributed by atoms with Crippen LogP contribution < -0.4 is 5.73 Å². The van der Waals surface area contributed by atoms with Crippen molar-refractivity contribution in [3.05, 3.63) is 46.5 Å². The highest BCUT2D eigenvalue weighted by Gasteiger charge is 2.51. The highest BCUT2D eigenvalue weighted by Crippen LogP contribution is 2.50. The molecule has 118 valence electrons. The van der Waals surface area contributed by atoms with Crippen LogP contribution in [-0.2, 0) is 4.79 Å². The first-order valence-corrected chi connectivity index (χ1v) is 8.09. The number of fused-ring (bicyclic) bond motifs is 1. The molecule has 0 aliphatic carbocycles. The molecule has 4 N–H and O–H groups in total. The van der Waals surface area contributed by atoms with Crippen LogP contribution in [0.3, 0.4) is 0 Å². The molecule has 2 aliphatic heterocycles. The van der Waals surface area contributed by atoms with Crippen molar-refractivity contribution < 1.29 is 9.90 Å². The Morgan fingerprint density at radius 3 is 2.74 bits per heavy atom. The maximum absolute atomic E-state index is 12.1. The van der Waals surface area contributed by atoms with Gasteiger partial charge in [-0.15, -0.1) is 11.8 Å². The van der Waals surface area contributed by atoms with Crippen LogP contribution in [0.1, 0.15) is 18.4 Å². The van der Waals surface area contributed by atoms with E-state index < -0.39 is 23.5 Å². The number of primary amides is 1. The number of amides is 1. The molecule has 2 heterocycles. The Bertz CT molecular complexity index is 751. The van der Waals surface area contributed by atoms with Crippen LogP contribution in [0.25, 0.3) is 0 Å². The van der Waals surface area contributed by atoms with Gasteiger partial charge in [0, 0.05) is 11.7 Å². The second-order valence-corrected chi connectivity index (χ2v) is 6.77. The number of thioether (sulfide) groups is 1. The van der Waals surface area contributed by atoms with Gasteiger partial charge in [0.05, 0.1) is 16.7 Å². The molecular weight excluding hydrogens is 312 g/mol. The summed E-state index contributed by atoms with van der Waals surface area (Å²) in [4.78, 5) is 13.5. The molecule has 7 heteroatoms. The number of aliphatic hydroxyl groups is 1. The van der Waals surface area contributed by atoms with Crippen LogP contribution in [0.5, 0.6) is 0 Å². The minimum atomic E-state index is -1.31. The third-order valence-corrected chi connectivity index (χ3v) is 5.51. The highest BCUT2D eigenvalue weighted by molar-refractivity contribution is 8.03. The number of nitrogens with zero attached hydrogens (tertiary/aromatic N) is 2. The SMILES string of the molecule is CC1(O)CSC2=C(C(N)=O)C(c3ccccc3)C(C#N)C(=N)N21. The number of hydrogen-bond acceptors (Lipinski definition) is 5. The molecule has 0 saturated carbocycles. The fraction of sp³-hybridized carbons (Fsp3) is 0.312. The molecule has 3 atom stereocenters. The summed E-state index contributed by atoms with van der Waals surface area (Å²) in [6.07, 6.45) is 0. The fourth-order valence-electron chi connectivity index (χ4n) is 3.13. The standard InChI is InChI=1S/C16H16N4O2S/c1-16(22)8-23-15-12(14(19)21)11(9-5-3-2-4-6-9)10(7-17)13(18)20(15)16/h2-6,10-11,18,22H,8H2,1H3,(H2,19,21). The van der Waals surface area contributed by atoms with E-state index in [9.17, 15) is 15.2 Å². The number of carbonyl (C=O) groups is 1. The fourth-order valence-corrected chi connectivity index (χ4v) is 4.48. The van der Waals surface area contributed by atoms with Crippen molar-refractivity contribution in [1.29, 1.82) is 10.7 Å². The van der Waals surface area contributed by atoms with Gasteiger partial charge < -0.3 is 10.8 Å². The lowest BCUT2D eigenvalue weighted by Crippen LogP contribution is -2.52. The minimum Gasteiger partial charge on any atom is -0.370 e. The van der Waals surface area contributed by atoms with Crippen LogP contribution in [0.4, 0.5) is 0 Å². The highest BCUT2D eigenvalue weighted by atomic mass is 32.2. The molecule has 2 aliphatic rings. The molecule has 3 rings (SSSR count). The second-order valence-electron chi connectivity index (χ2n) is 5.80. The predicted octanol–water partition coefficient (Wildman–Crippen LogP) is 1.36. The predicted molar refractivity (Wildman–Crippen MR) is 87.2 cm³/mol. The Kier molecular flexibility index (Phi) is 3.66. The molecule has 1 aromatic carbocycles. The van der Waals surface area contributed by atoms with Gasteiger partial charge in [-0.1, -0.05) is 30.3 Å². The molecule has 0 radical (unpaired) electrons. The largest absolute Gasteiger partial charge is 0.370 e. The van der Waals surface area contributed by atoms with Crippen molar-refractivity contribution in [2.24, 2.45) is 11.7 Å². The lowest BCUT2D eigenvalue weighted by molar-refractivity contribution is -0.115. The Balaban J connectivity index is 2.26. The van der Waals surface area contributed by atoms with E-state index in [1.165, 1.54) is 16.7 Å². The van der Waals surface area contributed by atoms with Crippen molar-refractivity contribution in [3.63, 3.8) is 0 Å². The van der Waals surface area contributed by atoms with Gasteiger partial charge in [0.1, 0.15) is 17.5 Å². The van der Waals surface area contributed by atoms with E-state index in [0.29, 0.717) is 16.4 Å². The van der Waals surface area contributed by atoms with E-state index >= 15 is 0 Å². The van der Waals surface area contributed by atoms with E-state index in [0.717, 1.165) is 5.56 Å². The van der Waals surface area contributed by atoms with Gasteiger partial charge in [0.15, 0.2) is 0 Å². The van der Waals surface area contributed by atoms with E-state index in [1.54, 1.807) is 6.92 Å². The maximum atomic E-state index is 12.1. The molecule has 1 saturated heterocycles. The monoisotopic (exact) mass is 328 g/mol. The topological polar surface area (TPSA) is 114 Å². The number of rotatable bonds is 2. The van der Waals surface area contributed by atoms with Crippen molar-refractivity contribution in [2.75, 3.05) is 5.75 Å². The zero-order valence-corrected chi connectivity index (χ0v) is 13.3. The minimum absolute atomic E-state index is 0.00338.